The Labute approximate surface area is 212 Å². The molecule has 2 unspecified atom stereocenters. The van der Waals surface area contributed by atoms with Crippen molar-refractivity contribution in [2.24, 2.45) is 0 Å². The number of benzene rings is 2. The summed E-state index contributed by atoms with van der Waals surface area (Å²) < 4.78 is 50.7. The van der Waals surface area contributed by atoms with Crippen LogP contribution in [-0.2, 0) is 21.1 Å². The summed E-state index contributed by atoms with van der Waals surface area (Å²) in [7, 11) is 3.08. The molecular formula is C26H29F3N4O4. The number of ether oxygens (including phenoxy) is 1. The van der Waals surface area contributed by atoms with Gasteiger partial charge in [-0.3, -0.25) is 4.79 Å². The number of carbonyl (C=O) groups excluding carboxylic acids is 1. The smallest absolute Gasteiger partial charge is 0.306 e. The number of carbonyl (C=O) groups is 1. The lowest BCUT2D eigenvalue weighted by Gasteiger charge is -2.32. The molecule has 0 spiro atoms. The predicted octanol–water partition coefficient (Wildman–Crippen LogP) is 3.92. The lowest BCUT2D eigenvalue weighted by Crippen LogP contribution is -2.47. The van der Waals surface area contributed by atoms with Gasteiger partial charge in [-0.05, 0) is 45.9 Å². The molecule has 0 fully saturated rings. The Morgan fingerprint density at radius 3 is 2.57 bits per heavy atom. The van der Waals surface area contributed by atoms with Crippen LogP contribution in [0.25, 0.3) is 10.9 Å². The molecule has 11 heteroatoms. The van der Waals surface area contributed by atoms with Gasteiger partial charge in [-0.15, -0.1) is 0 Å². The first-order valence-corrected chi connectivity index (χ1v) is 11.6. The quantitative estimate of drug-likeness (QED) is 0.435. The normalized spacial score (nSPS) is 20.2. The number of aliphatic hydroxyl groups excluding tert-OH is 1. The first-order valence-electron chi connectivity index (χ1n) is 11.6. The zero-order chi connectivity index (χ0) is 27.5. The number of hydrogen-bond acceptors (Lipinski definition) is 7. The Morgan fingerprint density at radius 1 is 1.27 bits per heavy atom. The largest absolute Gasteiger partial charge is 0.393 e. The Balaban J connectivity index is 1.79. The molecule has 3 atom stereocenters. The lowest BCUT2D eigenvalue weighted by molar-refractivity contribution is -0.197. The van der Waals surface area contributed by atoms with E-state index in [2.05, 4.69) is 15.3 Å². The number of nitrogens with one attached hydrogen (secondary N) is 1. The standard InChI is InChI=1S/C26H29F3N4O4/c1-13(15-8-7-9-17(21(15)27)26(28,29)24(3,36)12-34)30-22-16-10-20-18(11-19(16)31-14(2)32-22)25(4,37-6)23(35)33(20)5/h7-11,13,34,36H,12H2,1-6H3,(H,30,31,32)/t13?,24?,25-/m1/s1. The Morgan fingerprint density at radius 2 is 1.95 bits per heavy atom. The summed E-state index contributed by atoms with van der Waals surface area (Å²) in [6, 6.07) is 6.15. The Kier molecular flexibility index (Phi) is 6.46. The van der Waals surface area contributed by atoms with Gasteiger partial charge in [0.15, 0.2) is 11.2 Å². The summed E-state index contributed by atoms with van der Waals surface area (Å²) in [6.45, 7) is 4.42. The maximum absolute atomic E-state index is 15.4. The average molecular weight is 519 g/mol. The highest BCUT2D eigenvalue weighted by Gasteiger charge is 2.52. The van der Waals surface area contributed by atoms with Crippen LogP contribution in [0, 0.1) is 12.7 Å². The van der Waals surface area contributed by atoms with Crippen molar-refractivity contribution in [3.05, 3.63) is 58.7 Å². The molecule has 3 aromatic rings. The van der Waals surface area contributed by atoms with E-state index >= 15 is 4.39 Å². The van der Waals surface area contributed by atoms with Crippen molar-refractivity contribution >= 4 is 28.3 Å². The van der Waals surface area contributed by atoms with Gasteiger partial charge in [-0.2, -0.15) is 8.78 Å². The number of nitrogens with zero attached hydrogens (tertiary/aromatic N) is 3. The van der Waals surface area contributed by atoms with E-state index in [1.54, 1.807) is 40.0 Å². The molecule has 1 aliphatic heterocycles. The molecule has 0 saturated heterocycles. The first-order chi connectivity index (χ1) is 17.2. The second-order valence-corrected chi connectivity index (χ2v) is 9.69. The number of hydrogen-bond donors (Lipinski definition) is 3. The van der Waals surface area contributed by atoms with Crippen molar-refractivity contribution in [3.8, 4) is 0 Å². The molecule has 37 heavy (non-hydrogen) atoms. The van der Waals surface area contributed by atoms with E-state index in [9.17, 15) is 23.8 Å². The van der Waals surface area contributed by atoms with Crippen molar-refractivity contribution in [3.63, 3.8) is 0 Å². The lowest BCUT2D eigenvalue weighted by atomic mass is 9.90. The maximum atomic E-state index is 15.4. The molecule has 0 saturated carbocycles. The van der Waals surface area contributed by atoms with Crippen LogP contribution in [0.3, 0.4) is 0 Å². The molecule has 1 amide bonds. The van der Waals surface area contributed by atoms with E-state index < -0.39 is 41.2 Å². The Bertz CT molecular complexity index is 1400. The third kappa shape index (κ3) is 4.01. The van der Waals surface area contributed by atoms with Gasteiger partial charge < -0.3 is 25.2 Å². The average Bonchev–Trinajstić information content (AvgIpc) is 3.03. The minimum Gasteiger partial charge on any atom is -0.393 e. The number of halogens is 3. The molecular weight excluding hydrogens is 489 g/mol. The number of amides is 1. The summed E-state index contributed by atoms with van der Waals surface area (Å²) in [5.41, 5.74) is -3.39. The number of aliphatic hydroxyl groups is 2. The maximum Gasteiger partial charge on any atom is 0.306 e. The van der Waals surface area contributed by atoms with Gasteiger partial charge in [0.25, 0.3) is 5.91 Å². The van der Waals surface area contributed by atoms with Crippen LogP contribution < -0.4 is 10.2 Å². The SMILES string of the molecule is CO[C@@]1(C)C(=O)N(C)c2cc3c(NC(C)c4cccc(C(F)(F)C(C)(O)CO)c4F)nc(C)nc3cc21. The van der Waals surface area contributed by atoms with E-state index in [-0.39, 0.29) is 11.5 Å². The molecule has 0 aliphatic carbocycles. The van der Waals surface area contributed by atoms with Crippen molar-refractivity contribution in [1.29, 1.82) is 0 Å². The predicted molar refractivity (Wildman–Crippen MR) is 132 cm³/mol. The van der Waals surface area contributed by atoms with E-state index in [0.717, 1.165) is 13.0 Å². The molecule has 4 rings (SSSR count). The number of anilines is 2. The summed E-state index contributed by atoms with van der Waals surface area (Å²) in [4.78, 5) is 23.3. The second kappa shape index (κ2) is 8.93. The van der Waals surface area contributed by atoms with Crippen LogP contribution in [0.1, 0.15) is 49.3 Å². The van der Waals surface area contributed by atoms with Gasteiger partial charge in [0.1, 0.15) is 17.5 Å². The Hall–Kier alpha value is -3.28. The number of likely N-dealkylation sites (N-methyl/N-ethyl adjacent to an activating group) is 1. The molecule has 1 aliphatic rings. The highest BCUT2D eigenvalue weighted by Crippen LogP contribution is 2.45. The first kappa shape index (κ1) is 26.8. The third-order valence-electron chi connectivity index (χ3n) is 7.09. The van der Waals surface area contributed by atoms with Gasteiger partial charge in [0.05, 0.1) is 29.4 Å². The topological polar surface area (TPSA) is 108 Å². The molecule has 2 heterocycles. The minimum atomic E-state index is -4.05. The van der Waals surface area contributed by atoms with Crippen molar-refractivity contribution < 1.29 is 32.9 Å². The van der Waals surface area contributed by atoms with Gasteiger partial charge in [0.2, 0.25) is 0 Å². The van der Waals surface area contributed by atoms with E-state index in [0.29, 0.717) is 33.8 Å². The van der Waals surface area contributed by atoms with Crippen LogP contribution >= 0.6 is 0 Å². The summed E-state index contributed by atoms with van der Waals surface area (Å²) in [6.07, 6.45) is 0. The summed E-state index contributed by atoms with van der Waals surface area (Å²) in [5.74, 6) is -4.78. The minimum absolute atomic E-state index is 0.0873. The highest BCUT2D eigenvalue weighted by atomic mass is 19.3. The van der Waals surface area contributed by atoms with Crippen molar-refractivity contribution in [1.82, 2.24) is 9.97 Å². The molecule has 8 nitrogen and oxygen atoms in total. The van der Waals surface area contributed by atoms with E-state index in [4.69, 9.17) is 4.74 Å². The van der Waals surface area contributed by atoms with E-state index in [1.807, 2.05) is 0 Å². The number of methoxy groups -OCH3 is 1. The van der Waals surface area contributed by atoms with Crippen molar-refractivity contribution in [2.75, 3.05) is 31.0 Å². The fourth-order valence-corrected chi connectivity index (χ4v) is 4.59. The molecule has 198 valence electrons. The van der Waals surface area contributed by atoms with Gasteiger partial charge >= 0.3 is 5.92 Å². The summed E-state index contributed by atoms with van der Waals surface area (Å²) >= 11 is 0. The molecule has 0 radical (unpaired) electrons. The number of fused-ring (bicyclic) bond motifs is 2. The third-order valence-corrected chi connectivity index (χ3v) is 7.09. The zero-order valence-electron chi connectivity index (χ0n) is 21.4. The number of alkyl halides is 2. The van der Waals surface area contributed by atoms with Crippen LogP contribution in [-0.4, -0.2) is 52.5 Å². The fourth-order valence-electron chi connectivity index (χ4n) is 4.59. The van der Waals surface area contributed by atoms with Crippen LogP contribution in [0.2, 0.25) is 0 Å². The highest BCUT2D eigenvalue weighted by molar-refractivity contribution is 6.09. The number of aromatic nitrogens is 2. The molecule has 0 bridgehead atoms. The molecule has 1 aromatic heterocycles. The fraction of sp³-hybridized carbons (Fsp3) is 0.423. The number of aryl methyl sites for hydroxylation is 1. The van der Waals surface area contributed by atoms with Gasteiger partial charge in [-0.1, -0.05) is 12.1 Å². The van der Waals surface area contributed by atoms with Crippen LogP contribution in [0.15, 0.2) is 30.3 Å². The van der Waals surface area contributed by atoms with Crippen LogP contribution in [0.5, 0.6) is 0 Å². The van der Waals surface area contributed by atoms with E-state index in [1.165, 1.54) is 24.1 Å². The van der Waals surface area contributed by atoms with Gasteiger partial charge in [-0.25, -0.2) is 14.4 Å². The van der Waals surface area contributed by atoms with Crippen LogP contribution in [0.4, 0.5) is 24.7 Å². The zero-order valence-corrected chi connectivity index (χ0v) is 21.4. The van der Waals surface area contributed by atoms with Crippen molar-refractivity contribution in [2.45, 2.75) is 50.9 Å². The second-order valence-electron chi connectivity index (χ2n) is 9.69. The molecule has 2 aromatic carbocycles. The van der Waals surface area contributed by atoms with Gasteiger partial charge in [0, 0.05) is 30.7 Å². The summed E-state index contributed by atoms with van der Waals surface area (Å²) in [5, 5.41) is 22.8. The monoisotopic (exact) mass is 518 g/mol. The molecule has 3 N–H and O–H groups in total. The number of rotatable bonds is 7.